The van der Waals surface area contributed by atoms with Crippen molar-refractivity contribution >= 4 is 42.5 Å². The molecular weight excluding hydrogens is 548 g/mol. The number of carbonyl (C=O) groups is 2. The van der Waals surface area contributed by atoms with Crippen LogP contribution in [0.25, 0.3) is 0 Å². The highest BCUT2D eigenvalue weighted by Crippen LogP contribution is 1.92. The molecule has 23 nitrogen and oxygen atoms in total. The fraction of sp³-hybridized carbons (Fsp3) is 0.353. The Hall–Kier alpha value is -6.66. The average Bonchev–Trinajstić information content (AvgIpc) is 2.94. The van der Waals surface area contributed by atoms with Gasteiger partial charge in [0.15, 0.2) is 6.73 Å². The van der Waals surface area contributed by atoms with E-state index < -0.39 is 69.2 Å². The van der Waals surface area contributed by atoms with Crippen LogP contribution in [0, 0.1) is 11.5 Å². The lowest BCUT2D eigenvalue weighted by molar-refractivity contribution is 0.127. The number of imide groups is 1. The summed E-state index contributed by atoms with van der Waals surface area (Å²) >= 11 is 0. The smallest absolute Gasteiger partial charge is 0.339 e. The summed E-state index contributed by atoms with van der Waals surface area (Å²) in [5, 5.41) is 12.3. The second kappa shape index (κ2) is 19.5. The molecular formula is C17H14N12O11. The van der Waals surface area contributed by atoms with Crippen LogP contribution in [-0.4, -0.2) is 81.1 Å². The van der Waals surface area contributed by atoms with Gasteiger partial charge in [0.05, 0.1) is 0 Å². The molecule has 0 unspecified atom stereocenters. The molecule has 1 aromatic heterocycles. The van der Waals surface area contributed by atoms with Crippen molar-refractivity contribution in [1.29, 1.82) is 5.26 Å². The van der Waals surface area contributed by atoms with E-state index in [1.54, 1.807) is 0 Å². The molecule has 208 valence electrons. The molecule has 1 aromatic rings. The van der Waals surface area contributed by atoms with E-state index in [1.165, 1.54) is 18.4 Å². The molecule has 0 fully saturated rings. The minimum Gasteiger partial charge on any atom is -0.405 e. The molecule has 0 bridgehead atoms. The first-order valence-electron chi connectivity index (χ1n) is 9.72. The Bertz CT molecular complexity index is 1360. The number of nitriles is 1. The highest BCUT2D eigenvalue weighted by atomic mass is 16.5. The molecule has 0 saturated carbocycles. The Morgan fingerprint density at radius 2 is 1.00 bits per heavy atom. The number of rotatable bonds is 12. The molecule has 40 heavy (non-hydrogen) atoms. The van der Waals surface area contributed by atoms with Crippen LogP contribution in [0.4, 0.5) is 9.59 Å². The maximum absolute atomic E-state index is 11.9. The van der Waals surface area contributed by atoms with E-state index in [0.717, 1.165) is 18.2 Å². The molecule has 1 heterocycles. The van der Waals surface area contributed by atoms with Crippen molar-refractivity contribution in [3.05, 3.63) is 31.5 Å². The minimum atomic E-state index is -1.14. The summed E-state index contributed by atoms with van der Waals surface area (Å²) in [5.74, 6) is 0. The summed E-state index contributed by atoms with van der Waals surface area (Å²) in [5.41, 5.74) is -3.43. The summed E-state index contributed by atoms with van der Waals surface area (Å²) in [6.45, 7) is -3.55. The standard InChI is InChI=1S/C9H6N6O6.C8H8N6O5/c16-4-10-1-13-7(19)14(2-11-5-17)9(21)15(8(13)20)3-12-6-18;9-1-19-6-14(7(17)12-2-10-4-15)8(18)13-3-11-5-16/h1-3H2;2-3,6H2,(H,12,17)(H,13,18). The largest absolute Gasteiger partial charge is 0.405 e. The molecule has 0 radical (unpaired) electrons. The number of nitrogens with zero attached hydrogens (tertiary/aromatic N) is 10. The van der Waals surface area contributed by atoms with Crippen LogP contribution >= 0.6 is 0 Å². The predicted molar refractivity (Wildman–Crippen MR) is 120 cm³/mol. The fourth-order valence-corrected chi connectivity index (χ4v) is 2.12. The Morgan fingerprint density at radius 1 is 0.675 bits per heavy atom. The molecule has 0 aliphatic rings. The zero-order valence-corrected chi connectivity index (χ0v) is 19.7. The maximum Gasteiger partial charge on any atom is 0.339 e. The third-order valence-electron chi connectivity index (χ3n) is 3.71. The van der Waals surface area contributed by atoms with Crippen LogP contribution in [0.5, 0.6) is 0 Å². The zero-order chi connectivity index (χ0) is 30.3. The summed E-state index contributed by atoms with van der Waals surface area (Å²) < 4.78 is 5.47. The van der Waals surface area contributed by atoms with Crippen LogP contribution < -0.4 is 27.7 Å². The molecule has 0 aliphatic carbocycles. The van der Waals surface area contributed by atoms with Gasteiger partial charge in [0.1, 0.15) is 33.3 Å². The summed E-state index contributed by atoms with van der Waals surface area (Å²) in [6, 6.07) is -1.94. The number of hydrogen-bond acceptors (Lipinski definition) is 17. The van der Waals surface area contributed by atoms with Crippen LogP contribution in [0.1, 0.15) is 0 Å². The van der Waals surface area contributed by atoms with E-state index in [0.29, 0.717) is 18.6 Å². The third kappa shape index (κ3) is 10.9. The first-order valence-corrected chi connectivity index (χ1v) is 9.72. The average molecular weight is 562 g/mol. The van der Waals surface area contributed by atoms with Crippen molar-refractivity contribution in [2.24, 2.45) is 25.0 Å². The van der Waals surface area contributed by atoms with Crippen LogP contribution in [0.2, 0.25) is 0 Å². The molecule has 0 spiro atoms. The monoisotopic (exact) mass is 562 g/mol. The lowest BCUT2D eigenvalue weighted by Crippen LogP contribution is -2.54. The number of aliphatic imine (C=N–C) groups is 5. The lowest BCUT2D eigenvalue weighted by atomic mass is 10.7. The van der Waals surface area contributed by atoms with Gasteiger partial charge in [0.25, 0.3) is 6.26 Å². The summed E-state index contributed by atoms with van der Waals surface area (Å²) in [4.78, 5) is 124. The Labute approximate surface area is 218 Å². The van der Waals surface area contributed by atoms with Gasteiger partial charge in [-0.25, -0.2) is 66.5 Å². The van der Waals surface area contributed by atoms with E-state index in [1.807, 2.05) is 0 Å². The van der Waals surface area contributed by atoms with Crippen LogP contribution in [0.3, 0.4) is 0 Å². The van der Waals surface area contributed by atoms with Crippen LogP contribution in [-0.2, 0) is 48.7 Å². The number of aromatic nitrogens is 3. The number of isocyanates is 5. The molecule has 0 saturated heterocycles. The van der Waals surface area contributed by atoms with Crippen molar-refractivity contribution in [2.75, 3.05) is 20.1 Å². The SMILES string of the molecule is N#COCN(C(=O)NCN=C=O)C(=O)NCN=C=O.O=C=NCn1c(=O)n(CN=C=O)c(=O)n(CN=C=O)c1=O. The highest BCUT2D eigenvalue weighted by Gasteiger charge is 2.21. The van der Waals surface area contributed by atoms with Gasteiger partial charge in [-0.15, -0.1) is 0 Å². The highest BCUT2D eigenvalue weighted by molar-refractivity contribution is 5.93. The van der Waals surface area contributed by atoms with Gasteiger partial charge in [-0.2, -0.15) is 30.2 Å². The summed E-state index contributed by atoms with van der Waals surface area (Å²) in [7, 11) is 0. The van der Waals surface area contributed by atoms with E-state index >= 15 is 0 Å². The first-order chi connectivity index (χ1) is 19.2. The number of nitrogens with one attached hydrogen (secondary N) is 2. The van der Waals surface area contributed by atoms with Gasteiger partial charge in [-0.3, -0.25) is 0 Å². The van der Waals surface area contributed by atoms with E-state index in [9.17, 15) is 47.9 Å². The molecule has 4 amide bonds. The quantitative estimate of drug-likeness (QED) is 0.106. The molecule has 1 rings (SSSR count). The molecule has 0 aliphatic heterocycles. The van der Waals surface area contributed by atoms with Gasteiger partial charge in [-0.05, 0) is 0 Å². The van der Waals surface area contributed by atoms with Gasteiger partial charge >= 0.3 is 29.1 Å². The number of amides is 4. The normalized spacial score (nSPS) is 8.57. The molecule has 2 N–H and O–H groups in total. The number of ether oxygens (including phenoxy) is 1. The lowest BCUT2D eigenvalue weighted by Gasteiger charge is -2.18. The molecule has 0 aromatic carbocycles. The summed E-state index contributed by atoms with van der Waals surface area (Å²) in [6.07, 6.45) is 6.98. The van der Waals surface area contributed by atoms with E-state index in [-0.39, 0.29) is 0 Å². The Kier molecular flexibility index (Phi) is 16.3. The van der Waals surface area contributed by atoms with Gasteiger partial charge in [0.2, 0.25) is 30.4 Å². The van der Waals surface area contributed by atoms with Crippen molar-refractivity contribution < 1.29 is 38.3 Å². The number of carbonyl (C=O) groups excluding carboxylic acids is 7. The van der Waals surface area contributed by atoms with Gasteiger partial charge < -0.3 is 15.4 Å². The van der Waals surface area contributed by atoms with Crippen LogP contribution in [0.15, 0.2) is 39.3 Å². The minimum absolute atomic E-state index is 0.398. The Balaban J connectivity index is 0.000000765. The first kappa shape index (κ1) is 33.3. The van der Waals surface area contributed by atoms with Gasteiger partial charge in [-0.1, -0.05) is 0 Å². The maximum atomic E-state index is 11.9. The van der Waals surface area contributed by atoms with Crippen molar-refractivity contribution in [3.8, 4) is 6.26 Å². The zero-order valence-electron chi connectivity index (χ0n) is 19.7. The van der Waals surface area contributed by atoms with Gasteiger partial charge in [0, 0.05) is 0 Å². The second-order valence-corrected chi connectivity index (χ2v) is 5.88. The van der Waals surface area contributed by atoms with Crippen molar-refractivity contribution in [1.82, 2.24) is 29.2 Å². The number of hydrogen-bond donors (Lipinski definition) is 2. The predicted octanol–water partition coefficient (Wildman–Crippen LogP) is -4.20. The second-order valence-electron chi connectivity index (χ2n) is 5.88. The van der Waals surface area contributed by atoms with E-state index in [2.05, 4.69) is 40.3 Å². The molecule has 0 atom stereocenters. The van der Waals surface area contributed by atoms with Crippen molar-refractivity contribution in [3.63, 3.8) is 0 Å². The number of urea groups is 2. The van der Waals surface area contributed by atoms with Crippen molar-refractivity contribution in [2.45, 2.75) is 20.0 Å². The topological polar surface area (TPSA) is 308 Å². The Morgan fingerprint density at radius 3 is 1.27 bits per heavy atom. The van der Waals surface area contributed by atoms with E-state index in [4.69, 9.17) is 5.26 Å². The fourth-order valence-electron chi connectivity index (χ4n) is 2.12. The third-order valence-corrected chi connectivity index (χ3v) is 3.71. The molecule has 23 heteroatoms.